The number of ether oxygens (including phenoxy) is 1. The van der Waals surface area contributed by atoms with Gasteiger partial charge in [-0.1, -0.05) is 30.4 Å². The molecule has 1 aromatic carbocycles. The molecule has 1 aromatic rings. The van der Waals surface area contributed by atoms with E-state index in [4.69, 9.17) is 4.74 Å². The first-order valence-corrected chi connectivity index (χ1v) is 7.00. The second-order valence-corrected chi connectivity index (χ2v) is 5.95. The summed E-state index contributed by atoms with van der Waals surface area (Å²) in [5, 5.41) is 9.42. The molecule has 21 heavy (non-hydrogen) atoms. The Morgan fingerprint density at radius 2 is 2.19 bits per heavy atom. The maximum Gasteiger partial charge on any atom is 0.310 e. The number of aliphatic carboxylic acids is 1. The molecule has 3 aliphatic heterocycles. The molecular weight excluding hydrogens is 270 g/mol. The molecule has 4 rings (SSSR count). The molecule has 0 radical (unpaired) electrons. The first-order valence-electron chi connectivity index (χ1n) is 7.00. The predicted molar refractivity (Wildman–Crippen MR) is 74.9 cm³/mol. The molecule has 1 N–H and O–H groups in total. The van der Waals surface area contributed by atoms with E-state index in [-0.39, 0.29) is 5.91 Å². The number of benzene rings is 1. The summed E-state index contributed by atoms with van der Waals surface area (Å²) in [6.45, 7) is 2.33. The van der Waals surface area contributed by atoms with Crippen LogP contribution < -0.4 is 4.90 Å². The number of para-hydroxylation sites is 1. The van der Waals surface area contributed by atoms with Gasteiger partial charge in [-0.15, -0.1) is 0 Å². The van der Waals surface area contributed by atoms with Gasteiger partial charge in [0.05, 0.1) is 18.6 Å². The summed E-state index contributed by atoms with van der Waals surface area (Å²) >= 11 is 0. The summed E-state index contributed by atoms with van der Waals surface area (Å²) < 4.78 is 5.87. The highest BCUT2D eigenvalue weighted by Gasteiger charge is 2.67. The maximum absolute atomic E-state index is 12.8. The van der Waals surface area contributed by atoms with Crippen molar-refractivity contribution < 1.29 is 19.4 Å². The highest BCUT2D eigenvalue weighted by Crippen LogP contribution is 2.52. The third-order valence-corrected chi connectivity index (χ3v) is 4.79. The number of fused-ring (bicyclic) bond motifs is 1. The van der Waals surface area contributed by atoms with Crippen LogP contribution in [-0.4, -0.2) is 35.2 Å². The normalized spacial score (nSPS) is 36.3. The van der Waals surface area contributed by atoms with Gasteiger partial charge in [-0.3, -0.25) is 9.59 Å². The molecule has 5 heteroatoms. The molecule has 0 aromatic heterocycles. The zero-order chi connectivity index (χ0) is 14.8. The van der Waals surface area contributed by atoms with E-state index in [1.807, 2.05) is 37.3 Å². The van der Waals surface area contributed by atoms with Crippen molar-refractivity contribution in [2.24, 2.45) is 11.8 Å². The summed E-state index contributed by atoms with van der Waals surface area (Å²) in [5.74, 6) is -2.51. The van der Waals surface area contributed by atoms with E-state index >= 15 is 0 Å². The van der Waals surface area contributed by atoms with Crippen LogP contribution in [0.2, 0.25) is 0 Å². The number of anilines is 1. The maximum atomic E-state index is 12.8. The van der Waals surface area contributed by atoms with Crippen LogP contribution in [0, 0.1) is 18.8 Å². The smallest absolute Gasteiger partial charge is 0.310 e. The predicted octanol–water partition coefficient (Wildman–Crippen LogP) is 1.37. The average molecular weight is 285 g/mol. The molecule has 0 aliphatic carbocycles. The zero-order valence-corrected chi connectivity index (χ0v) is 11.5. The van der Waals surface area contributed by atoms with Crippen LogP contribution in [0.3, 0.4) is 0 Å². The van der Waals surface area contributed by atoms with E-state index in [1.165, 1.54) is 0 Å². The number of amides is 1. The van der Waals surface area contributed by atoms with E-state index < -0.39 is 29.5 Å². The lowest BCUT2D eigenvalue weighted by Gasteiger charge is -2.22. The van der Waals surface area contributed by atoms with Crippen LogP contribution in [0.25, 0.3) is 0 Å². The Morgan fingerprint density at radius 3 is 2.90 bits per heavy atom. The van der Waals surface area contributed by atoms with Crippen molar-refractivity contribution in [1.82, 2.24) is 0 Å². The van der Waals surface area contributed by atoms with Crippen LogP contribution in [0.5, 0.6) is 0 Å². The van der Waals surface area contributed by atoms with Crippen molar-refractivity contribution in [1.29, 1.82) is 0 Å². The number of carbonyl (C=O) groups excluding carboxylic acids is 1. The van der Waals surface area contributed by atoms with Gasteiger partial charge in [-0.2, -0.15) is 0 Å². The molecule has 0 saturated carbocycles. The van der Waals surface area contributed by atoms with E-state index in [1.54, 1.807) is 11.0 Å². The van der Waals surface area contributed by atoms with Crippen LogP contribution in [0.4, 0.5) is 5.69 Å². The van der Waals surface area contributed by atoms with Gasteiger partial charge in [0.2, 0.25) is 5.91 Å². The van der Waals surface area contributed by atoms with Crippen LogP contribution in [0.15, 0.2) is 36.4 Å². The molecule has 5 nitrogen and oxygen atoms in total. The number of rotatable bonds is 2. The van der Waals surface area contributed by atoms with Gasteiger partial charge in [-0.05, 0) is 18.6 Å². The second kappa shape index (κ2) is 3.95. The van der Waals surface area contributed by atoms with Crippen LogP contribution in [0.1, 0.15) is 5.56 Å². The summed E-state index contributed by atoms with van der Waals surface area (Å²) in [7, 11) is 0. The van der Waals surface area contributed by atoms with Gasteiger partial charge in [-0.25, -0.2) is 0 Å². The van der Waals surface area contributed by atoms with E-state index in [0.717, 1.165) is 11.3 Å². The van der Waals surface area contributed by atoms with Gasteiger partial charge < -0.3 is 14.7 Å². The number of hydrogen-bond acceptors (Lipinski definition) is 3. The van der Waals surface area contributed by atoms with Gasteiger partial charge in [0.1, 0.15) is 11.5 Å². The molecule has 3 heterocycles. The largest absolute Gasteiger partial charge is 0.481 e. The van der Waals surface area contributed by atoms with Crippen molar-refractivity contribution in [2.75, 3.05) is 11.4 Å². The number of carbonyl (C=O) groups is 2. The monoisotopic (exact) mass is 285 g/mol. The van der Waals surface area contributed by atoms with E-state index in [9.17, 15) is 14.7 Å². The molecule has 1 amide bonds. The molecular formula is C16H15NO4. The Morgan fingerprint density at radius 1 is 1.43 bits per heavy atom. The first-order chi connectivity index (χ1) is 10.0. The van der Waals surface area contributed by atoms with Crippen molar-refractivity contribution in [3.63, 3.8) is 0 Å². The lowest BCUT2D eigenvalue weighted by molar-refractivity contribution is -0.146. The third-order valence-electron chi connectivity index (χ3n) is 4.79. The van der Waals surface area contributed by atoms with Crippen LogP contribution >= 0.6 is 0 Å². The quantitative estimate of drug-likeness (QED) is 0.833. The summed E-state index contributed by atoms with van der Waals surface area (Å²) in [4.78, 5) is 26.0. The van der Waals surface area contributed by atoms with Gasteiger partial charge >= 0.3 is 5.97 Å². The SMILES string of the molecule is Cc1ccccc1N1C[C@@]23C=C[C@@H](O2)C(C(=O)O)C3C1=O. The molecule has 2 bridgehead atoms. The van der Waals surface area contributed by atoms with Crippen molar-refractivity contribution in [3.8, 4) is 0 Å². The van der Waals surface area contributed by atoms with Gasteiger partial charge in [0, 0.05) is 5.69 Å². The highest BCUT2D eigenvalue weighted by atomic mass is 16.5. The van der Waals surface area contributed by atoms with Crippen LogP contribution in [-0.2, 0) is 14.3 Å². The summed E-state index contributed by atoms with van der Waals surface area (Å²) in [6, 6.07) is 7.62. The molecule has 3 aliphatic rings. The fourth-order valence-electron chi connectivity index (χ4n) is 3.85. The Bertz CT molecular complexity index is 683. The minimum Gasteiger partial charge on any atom is -0.481 e. The number of nitrogens with zero attached hydrogens (tertiary/aromatic N) is 1. The second-order valence-electron chi connectivity index (χ2n) is 5.95. The fourth-order valence-corrected chi connectivity index (χ4v) is 3.85. The minimum atomic E-state index is -0.962. The lowest BCUT2D eigenvalue weighted by atomic mass is 9.77. The Balaban J connectivity index is 1.78. The topological polar surface area (TPSA) is 66.8 Å². The zero-order valence-electron chi connectivity index (χ0n) is 11.5. The number of carboxylic acids is 1. The molecule has 2 fully saturated rings. The molecule has 4 atom stereocenters. The third kappa shape index (κ3) is 1.49. The van der Waals surface area contributed by atoms with E-state index in [2.05, 4.69) is 0 Å². The van der Waals surface area contributed by atoms with Crippen molar-refractivity contribution in [3.05, 3.63) is 42.0 Å². The first kappa shape index (κ1) is 12.6. The highest BCUT2D eigenvalue weighted by molar-refractivity contribution is 6.02. The molecule has 1 spiro atoms. The molecule has 2 unspecified atom stereocenters. The minimum absolute atomic E-state index is 0.149. The lowest BCUT2D eigenvalue weighted by Crippen LogP contribution is -2.39. The number of hydrogen-bond donors (Lipinski definition) is 1. The Kier molecular flexibility index (Phi) is 2.37. The Hall–Kier alpha value is -2.14. The van der Waals surface area contributed by atoms with E-state index in [0.29, 0.717) is 6.54 Å². The van der Waals surface area contributed by atoms with Gasteiger partial charge in [0.25, 0.3) is 0 Å². The average Bonchev–Trinajstić information content (AvgIpc) is 3.08. The van der Waals surface area contributed by atoms with Crippen molar-refractivity contribution >= 4 is 17.6 Å². The number of aryl methyl sites for hydroxylation is 1. The summed E-state index contributed by atoms with van der Waals surface area (Å²) in [6.07, 6.45) is 3.18. The Labute approximate surface area is 121 Å². The summed E-state index contributed by atoms with van der Waals surface area (Å²) in [5.41, 5.74) is 1.05. The van der Waals surface area contributed by atoms with Crippen molar-refractivity contribution in [2.45, 2.75) is 18.6 Å². The number of carboxylic acid groups (broad SMARTS) is 1. The standard InChI is InChI=1S/C16H15NO4/c1-9-4-2-3-5-10(9)17-8-16-7-6-11(21-16)12(15(19)20)13(16)14(17)18/h2-7,11-13H,8H2,1H3,(H,19,20)/t11-,12?,13?,16-/m1/s1. The van der Waals surface area contributed by atoms with Gasteiger partial charge in [0.15, 0.2) is 0 Å². The fraction of sp³-hybridized carbons (Fsp3) is 0.375. The molecule has 108 valence electrons. The molecule has 2 saturated heterocycles.